The summed E-state index contributed by atoms with van der Waals surface area (Å²) in [6.07, 6.45) is 2.54. The molecule has 2 fully saturated rings. The van der Waals surface area contributed by atoms with Crippen LogP contribution in [0.4, 0.5) is 5.69 Å². The van der Waals surface area contributed by atoms with Gasteiger partial charge in [-0.05, 0) is 49.1 Å². The van der Waals surface area contributed by atoms with Crippen molar-refractivity contribution in [1.29, 1.82) is 0 Å². The predicted molar refractivity (Wildman–Crippen MR) is 131 cm³/mol. The number of nitrogens with zero attached hydrogens (tertiary/aromatic N) is 3. The molecule has 1 aromatic carbocycles. The van der Waals surface area contributed by atoms with E-state index in [0.717, 1.165) is 38.3 Å². The number of anilines is 1. The Morgan fingerprint density at radius 1 is 1.18 bits per heavy atom. The number of amides is 1. The molecule has 2 aromatic heterocycles. The van der Waals surface area contributed by atoms with Gasteiger partial charge in [-0.25, -0.2) is 9.97 Å². The normalized spacial score (nSPS) is 27.0. The molecule has 34 heavy (non-hydrogen) atoms. The Kier molecular flexibility index (Phi) is 4.72. The Balaban J connectivity index is 1.26. The van der Waals surface area contributed by atoms with Gasteiger partial charge in [0.05, 0.1) is 29.7 Å². The van der Waals surface area contributed by atoms with Crippen LogP contribution in [0, 0.1) is 28.6 Å². The van der Waals surface area contributed by atoms with Crippen LogP contribution in [0.5, 0.6) is 0 Å². The summed E-state index contributed by atoms with van der Waals surface area (Å²) in [7, 11) is 0. The molecule has 3 aromatic rings. The fraction of sp³-hybridized carbons (Fsp3) is 0.444. The monoisotopic (exact) mass is 455 g/mol. The second-order valence-electron chi connectivity index (χ2n) is 10.3. The first kappa shape index (κ1) is 21.2. The van der Waals surface area contributed by atoms with Gasteiger partial charge in [0.15, 0.2) is 5.65 Å². The summed E-state index contributed by atoms with van der Waals surface area (Å²) >= 11 is 0. The molecule has 0 spiro atoms. The van der Waals surface area contributed by atoms with Gasteiger partial charge in [0.1, 0.15) is 5.82 Å². The number of nitrogens with one attached hydrogen (secondary N) is 2. The fourth-order valence-electron chi connectivity index (χ4n) is 5.63. The summed E-state index contributed by atoms with van der Waals surface area (Å²) in [6, 6.07) is 10.1. The molecule has 3 atom stereocenters. The molecule has 2 bridgehead atoms. The van der Waals surface area contributed by atoms with Gasteiger partial charge < -0.3 is 19.9 Å². The van der Waals surface area contributed by atoms with E-state index in [9.17, 15) is 4.79 Å². The van der Waals surface area contributed by atoms with Gasteiger partial charge in [-0.15, -0.1) is 0 Å². The summed E-state index contributed by atoms with van der Waals surface area (Å²) in [5.74, 6) is 7.70. The maximum Gasteiger partial charge on any atom is 0.253 e. The lowest BCUT2D eigenvalue weighted by molar-refractivity contribution is 0.0893. The predicted octanol–water partition coefficient (Wildman–Crippen LogP) is 3.63. The number of fused-ring (bicyclic) bond motifs is 3. The van der Waals surface area contributed by atoms with Crippen molar-refractivity contribution in [1.82, 2.24) is 20.3 Å². The lowest BCUT2D eigenvalue weighted by Gasteiger charge is -2.36. The fourth-order valence-corrected chi connectivity index (χ4v) is 5.63. The molecule has 1 aliphatic heterocycles. The highest BCUT2D eigenvalue weighted by molar-refractivity contribution is 6.04. The van der Waals surface area contributed by atoms with Gasteiger partial charge in [-0.1, -0.05) is 25.7 Å². The third-order valence-corrected chi connectivity index (χ3v) is 8.34. The van der Waals surface area contributed by atoms with E-state index in [4.69, 9.17) is 4.74 Å². The van der Waals surface area contributed by atoms with Gasteiger partial charge in [0.2, 0.25) is 0 Å². The molecule has 174 valence electrons. The first-order valence-corrected chi connectivity index (χ1v) is 12.0. The first-order chi connectivity index (χ1) is 16.4. The number of aromatic nitrogens is 3. The minimum absolute atomic E-state index is 0.0274. The van der Waals surface area contributed by atoms with E-state index in [1.165, 1.54) is 5.69 Å². The molecule has 1 amide bonds. The standard InChI is InChI=1S/C27H29N5O2/c1-26(2)18-8-10-27(26,3)21(16-18)29-25(33)20-9-11-28-24-22(20)30-23(31-24)17-4-6-19(7-5-17)32-12-14-34-15-13-32/h4-7,9,11,18,21H,12-16H2,1-3H3,(H,29,33)(H,28,30,31). The van der Waals surface area contributed by atoms with E-state index in [1.54, 1.807) is 12.3 Å². The Morgan fingerprint density at radius 3 is 2.62 bits per heavy atom. The van der Waals surface area contributed by atoms with E-state index < -0.39 is 0 Å². The number of hydrogen-bond acceptors (Lipinski definition) is 5. The number of morpholine rings is 1. The Hall–Kier alpha value is -3.37. The van der Waals surface area contributed by atoms with Crippen LogP contribution in [0.1, 0.15) is 37.6 Å². The largest absolute Gasteiger partial charge is 0.378 e. The van der Waals surface area contributed by atoms with Crippen molar-refractivity contribution in [2.24, 2.45) is 16.7 Å². The maximum absolute atomic E-state index is 13.4. The minimum atomic E-state index is -0.221. The van der Waals surface area contributed by atoms with Gasteiger partial charge in [0.25, 0.3) is 5.91 Å². The molecule has 1 saturated carbocycles. The Morgan fingerprint density at radius 2 is 1.94 bits per heavy atom. The average Bonchev–Trinajstić information content (AvgIpc) is 3.44. The van der Waals surface area contributed by atoms with Crippen molar-refractivity contribution >= 4 is 22.8 Å². The number of hydrogen-bond donors (Lipinski definition) is 2. The third-order valence-electron chi connectivity index (χ3n) is 8.34. The molecule has 6 rings (SSSR count). The Labute approximate surface area is 199 Å². The second-order valence-corrected chi connectivity index (χ2v) is 10.3. The summed E-state index contributed by atoms with van der Waals surface area (Å²) in [6.45, 7) is 9.97. The molecule has 2 N–H and O–H groups in total. The molecule has 3 aliphatic rings. The molecule has 0 radical (unpaired) electrons. The number of carbonyl (C=O) groups is 1. The number of H-pyrrole nitrogens is 1. The highest BCUT2D eigenvalue weighted by Gasteiger charge is 2.59. The van der Waals surface area contributed by atoms with E-state index in [-0.39, 0.29) is 22.8 Å². The second kappa shape index (κ2) is 7.57. The molecule has 1 saturated heterocycles. The van der Waals surface area contributed by atoms with Crippen LogP contribution in [0.3, 0.4) is 0 Å². The zero-order chi connectivity index (χ0) is 23.5. The van der Waals surface area contributed by atoms with Crippen molar-refractivity contribution in [3.05, 3.63) is 42.1 Å². The summed E-state index contributed by atoms with van der Waals surface area (Å²) in [5, 5.41) is 3.27. The lowest BCUT2D eigenvalue weighted by Crippen LogP contribution is -2.46. The number of aromatic amines is 1. The van der Waals surface area contributed by atoms with Crippen molar-refractivity contribution in [2.75, 3.05) is 31.2 Å². The number of imidazole rings is 1. The van der Waals surface area contributed by atoms with Crippen LogP contribution in [0.25, 0.3) is 22.6 Å². The van der Waals surface area contributed by atoms with E-state index in [2.05, 4.69) is 82.0 Å². The van der Waals surface area contributed by atoms with Crippen molar-refractivity contribution in [2.45, 2.75) is 33.2 Å². The smallest absolute Gasteiger partial charge is 0.253 e. The van der Waals surface area contributed by atoms with Crippen LogP contribution in [0.15, 0.2) is 36.5 Å². The number of pyridine rings is 1. The van der Waals surface area contributed by atoms with Crippen molar-refractivity contribution in [3.63, 3.8) is 0 Å². The minimum Gasteiger partial charge on any atom is -0.378 e. The highest BCUT2D eigenvalue weighted by Crippen LogP contribution is 2.58. The zero-order valence-corrected chi connectivity index (χ0v) is 19.8. The van der Waals surface area contributed by atoms with Crippen LogP contribution < -0.4 is 10.2 Å². The van der Waals surface area contributed by atoms with Gasteiger partial charge >= 0.3 is 0 Å². The molecular formula is C27H29N5O2. The summed E-state index contributed by atoms with van der Waals surface area (Å²) < 4.78 is 5.45. The van der Waals surface area contributed by atoms with Gasteiger partial charge in [0, 0.05) is 42.5 Å². The van der Waals surface area contributed by atoms with Crippen LogP contribution in [-0.2, 0) is 4.74 Å². The molecule has 7 nitrogen and oxygen atoms in total. The zero-order valence-electron chi connectivity index (χ0n) is 19.8. The van der Waals surface area contributed by atoms with Crippen molar-refractivity contribution < 1.29 is 9.53 Å². The maximum atomic E-state index is 13.4. The van der Waals surface area contributed by atoms with Crippen molar-refractivity contribution in [3.8, 4) is 23.2 Å². The number of benzene rings is 1. The van der Waals surface area contributed by atoms with E-state index in [0.29, 0.717) is 28.5 Å². The summed E-state index contributed by atoms with van der Waals surface area (Å²) in [4.78, 5) is 28.1. The quantitative estimate of drug-likeness (QED) is 0.587. The highest BCUT2D eigenvalue weighted by atomic mass is 16.5. The lowest BCUT2D eigenvalue weighted by atomic mass is 9.69. The number of rotatable bonds is 4. The van der Waals surface area contributed by atoms with Gasteiger partial charge in [-0.3, -0.25) is 4.79 Å². The van der Waals surface area contributed by atoms with Crippen LogP contribution in [-0.4, -0.2) is 53.2 Å². The van der Waals surface area contributed by atoms with E-state index >= 15 is 0 Å². The third kappa shape index (κ3) is 3.13. The number of carbonyl (C=O) groups excluding carboxylic acids is 1. The molecule has 3 unspecified atom stereocenters. The SMILES string of the molecule is CC1(C)C2C#CC1(C)C(NC(=O)c1ccnc3nc(-c4ccc(N5CCOCC5)cc4)[nH]c13)C2. The molecule has 2 aliphatic carbocycles. The average molecular weight is 456 g/mol. The van der Waals surface area contributed by atoms with Crippen LogP contribution in [0.2, 0.25) is 0 Å². The number of ether oxygens (including phenoxy) is 1. The topological polar surface area (TPSA) is 83.1 Å². The molecule has 7 heteroatoms. The first-order valence-electron chi connectivity index (χ1n) is 12.0. The van der Waals surface area contributed by atoms with Crippen LogP contribution >= 0.6 is 0 Å². The molecular weight excluding hydrogens is 426 g/mol. The van der Waals surface area contributed by atoms with E-state index in [1.807, 2.05) is 0 Å². The summed E-state index contributed by atoms with van der Waals surface area (Å²) in [5.41, 5.74) is 3.70. The molecule has 3 heterocycles. The Bertz CT molecular complexity index is 1330. The van der Waals surface area contributed by atoms with Gasteiger partial charge in [-0.2, -0.15) is 0 Å².